The lowest BCUT2D eigenvalue weighted by Gasteiger charge is -2.31. The number of amides is 1. The van der Waals surface area contributed by atoms with Crippen LogP contribution in [0.3, 0.4) is 0 Å². The van der Waals surface area contributed by atoms with E-state index in [0.717, 1.165) is 31.4 Å². The lowest BCUT2D eigenvalue weighted by atomic mass is 10.0. The molecule has 30 heavy (non-hydrogen) atoms. The molecule has 0 unspecified atom stereocenters. The van der Waals surface area contributed by atoms with Gasteiger partial charge in [0.15, 0.2) is 5.13 Å². The number of anilines is 2. The smallest absolute Gasteiger partial charge is 0.270 e. The van der Waals surface area contributed by atoms with Gasteiger partial charge >= 0.3 is 0 Å². The summed E-state index contributed by atoms with van der Waals surface area (Å²) >= 11 is 1.54. The Morgan fingerprint density at radius 2 is 2.10 bits per heavy atom. The second-order valence-corrected chi connectivity index (χ2v) is 8.40. The molecule has 2 heterocycles. The number of nitro benzene ring substituents is 1. The molecule has 1 aliphatic carbocycles. The Morgan fingerprint density at radius 3 is 2.80 bits per heavy atom. The van der Waals surface area contributed by atoms with Crippen LogP contribution in [0.1, 0.15) is 33.8 Å². The first-order valence-electron chi connectivity index (χ1n) is 10.1. The number of aryl methyl sites for hydroxylation is 2. The van der Waals surface area contributed by atoms with Gasteiger partial charge in [-0.05, 0) is 31.7 Å². The molecular formula is C21H24N4O4S. The normalized spacial score (nSPS) is 16.1. The van der Waals surface area contributed by atoms with Gasteiger partial charge in [0.2, 0.25) is 0 Å². The maximum Gasteiger partial charge on any atom is 0.270 e. The van der Waals surface area contributed by atoms with Crippen LogP contribution in [0, 0.1) is 10.1 Å². The lowest BCUT2D eigenvalue weighted by molar-refractivity contribution is -0.384. The van der Waals surface area contributed by atoms with Crippen molar-refractivity contribution in [1.29, 1.82) is 0 Å². The maximum absolute atomic E-state index is 13.7. The largest absolute Gasteiger partial charge is 0.378 e. The summed E-state index contributed by atoms with van der Waals surface area (Å²) in [6.45, 7) is 6.45. The number of carbonyl (C=O) groups is 1. The number of aromatic nitrogens is 1. The zero-order valence-electron chi connectivity index (χ0n) is 16.7. The molecule has 1 fully saturated rings. The molecule has 0 atom stereocenters. The quantitative estimate of drug-likeness (QED) is 0.397. The zero-order valence-corrected chi connectivity index (χ0v) is 17.5. The molecule has 2 aliphatic rings. The molecule has 1 saturated heterocycles. The van der Waals surface area contributed by atoms with Crippen LogP contribution in [-0.2, 0) is 17.6 Å². The van der Waals surface area contributed by atoms with Crippen LogP contribution in [0.5, 0.6) is 0 Å². The minimum Gasteiger partial charge on any atom is -0.378 e. The van der Waals surface area contributed by atoms with E-state index in [-0.39, 0.29) is 18.1 Å². The summed E-state index contributed by atoms with van der Waals surface area (Å²) in [5.41, 5.74) is 1.95. The molecule has 0 spiro atoms. The Kier molecular flexibility index (Phi) is 6.10. The number of ether oxygens (including phenoxy) is 1. The number of hydrogen-bond acceptors (Lipinski definition) is 7. The summed E-state index contributed by atoms with van der Waals surface area (Å²) in [6.07, 6.45) is 5.81. The van der Waals surface area contributed by atoms with Crippen LogP contribution in [0.4, 0.5) is 16.5 Å². The van der Waals surface area contributed by atoms with Crippen LogP contribution < -0.4 is 9.80 Å². The van der Waals surface area contributed by atoms with Gasteiger partial charge in [-0.3, -0.25) is 19.8 Å². The molecule has 158 valence electrons. The number of carbonyl (C=O) groups excluding carboxylic acids is 1. The number of nitrogens with zero attached hydrogens (tertiary/aromatic N) is 4. The third kappa shape index (κ3) is 4.08. The van der Waals surface area contributed by atoms with E-state index in [4.69, 9.17) is 9.72 Å². The Bertz CT molecular complexity index is 944. The van der Waals surface area contributed by atoms with Crippen molar-refractivity contribution in [1.82, 2.24) is 4.98 Å². The van der Waals surface area contributed by atoms with E-state index in [1.165, 1.54) is 28.3 Å². The number of rotatable bonds is 6. The molecule has 8 nitrogen and oxygen atoms in total. The minimum atomic E-state index is -0.472. The number of non-ortho nitro benzene ring substituents is 1. The number of nitro groups is 1. The number of thiazole rings is 1. The van der Waals surface area contributed by atoms with Crippen molar-refractivity contribution in [2.75, 3.05) is 42.6 Å². The molecule has 1 aliphatic heterocycles. The molecule has 0 radical (unpaired) electrons. The van der Waals surface area contributed by atoms with Gasteiger partial charge in [-0.25, -0.2) is 4.98 Å². The molecule has 9 heteroatoms. The Balaban J connectivity index is 1.74. The Hall–Kier alpha value is -2.78. The fourth-order valence-electron chi connectivity index (χ4n) is 3.87. The van der Waals surface area contributed by atoms with E-state index in [0.29, 0.717) is 42.7 Å². The van der Waals surface area contributed by atoms with E-state index >= 15 is 0 Å². The summed E-state index contributed by atoms with van der Waals surface area (Å²) in [5.74, 6) is -0.300. The molecule has 0 saturated carbocycles. The lowest BCUT2D eigenvalue weighted by Crippen LogP contribution is -2.38. The second-order valence-electron chi connectivity index (χ2n) is 7.34. The third-order valence-electron chi connectivity index (χ3n) is 5.40. The van der Waals surface area contributed by atoms with Crippen molar-refractivity contribution in [2.24, 2.45) is 0 Å². The monoisotopic (exact) mass is 428 g/mol. The average molecular weight is 429 g/mol. The van der Waals surface area contributed by atoms with Crippen molar-refractivity contribution in [3.8, 4) is 0 Å². The summed E-state index contributed by atoms with van der Waals surface area (Å²) in [7, 11) is 0. The molecule has 0 bridgehead atoms. The first-order chi connectivity index (χ1) is 14.6. The third-order valence-corrected chi connectivity index (χ3v) is 6.58. The van der Waals surface area contributed by atoms with Gasteiger partial charge in [-0.1, -0.05) is 6.08 Å². The SMILES string of the molecule is C=CCN(C(=O)c1cc([N+](=O)[O-])ccc1N1CCOCC1)c1nc2c(s1)CCCC2. The highest BCUT2D eigenvalue weighted by Crippen LogP contribution is 2.34. The van der Waals surface area contributed by atoms with Crippen molar-refractivity contribution in [2.45, 2.75) is 25.7 Å². The van der Waals surface area contributed by atoms with Crippen LogP contribution in [-0.4, -0.2) is 48.7 Å². The van der Waals surface area contributed by atoms with Crippen molar-refractivity contribution >= 4 is 33.8 Å². The van der Waals surface area contributed by atoms with Crippen molar-refractivity contribution in [3.05, 3.63) is 57.1 Å². The highest BCUT2D eigenvalue weighted by atomic mass is 32.1. The summed E-state index contributed by atoms with van der Waals surface area (Å²) in [5, 5.41) is 12.0. The summed E-state index contributed by atoms with van der Waals surface area (Å²) in [4.78, 5) is 34.1. The van der Waals surface area contributed by atoms with Gasteiger partial charge in [0.25, 0.3) is 11.6 Å². The van der Waals surface area contributed by atoms with Gasteiger partial charge in [0, 0.05) is 36.6 Å². The topological polar surface area (TPSA) is 88.8 Å². The molecular weight excluding hydrogens is 404 g/mol. The summed E-state index contributed by atoms with van der Waals surface area (Å²) in [6, 6.07) is 4.48. The van der Waals surface area contributed by atoms with E-state index < -0.39 is 4.92 Å². The predicted octanol–water partition coefficient (Wildman–Crippen LogP) is 3.60. The molecule has 1 aromatic carbocycles. The molecule has 4 rings (SSSR count). The number of benzene rings is 1. The molecule has 2 aromatic rings. The highest BCUT2D eigenvalue weighted by molar-refractivity contribution is 7.16. The summed E-state index contributed by atoms with van der Waals surface area (Å²) < 4.78 is 5.42. The number of morpholine rings is 1. The minimum absolute atomic E-state index is 0.104. The van der Waals surface area contributed by atoms with Gasteiger partial charge in [0.1, 0.15) is 0 Å². The van der Waals surface area contributed by atoms with Gasteiger partial charge in [-0.2, -0.15) is 0 Å². The van der Waals surface area contributed by atoms with Crippen molar-refractivity contribution < 1.29 is 14.5 Å². The standard InChI is InChI=1S/C21H24N4O4S/c1-2-9-24(21-22-17-5-3-4-6-19(17)30-21)20(26)16-14-15(25(27)28)7-8-18(16)23-10-12-29-13-11-23/h2,7-8,14H,1,3-6,9-13H2. The zero-order chi connectivity index (χ0) is 21.1. The van der Waals surface area contributed by atoms with Crippen LogP contribution in [0.2, 0.25) is 0 Å². The van der Waals surface area contributed by atoms with E-state index in [1.807, 2.05) is 4.90 Å². The number of fused-ring (bicyclic) bond motifs is 1. The Morgan fingerprint density at radius 1 is 1.33 bits per heavy atom. The van der Waals surface area contributed by atoms with Crippen LogP contribution >= 0.6 is 11.3 Å². The van der Waals surface area contributed by atoms with E-state index in [1.54, 1.807) is 17.0 Å². The highest BCUT2D eigenvalue weighted by Gasteiger charge is 2.28. The van der Waals surface area contributed by atoms with Gasteiger partial charge < -0.3 is 9.64 Å². The second kappa shape index (κ2) is 8.93. The molecule has 1 amide bonds. The first-order valence-corrected chi connectivity index (χ1v) is 10.9. The van der Waals surface area contributed by atoms with Crippen molar-refractivity contribution in [3.63, 3.8) is 0 Å². The first kappa shape index (κ1) is 20.5. The fraction of sp³-hybridized carbons (Fsp3) is 0.429. The predicted molar refractivity (Wildman–Crippen MR) is 117 cm³/mol. The van der Waals surface area contributed by atoms with Gasteiger partial charge in [-0.15, -0.1) is 17.9 Å². The Labute approximate surface area is 178 Å². The van der Waals surface area contributed by atoms with E-state index in [2.05, 4.69) is 6.58 Å². The number of hydrogen-bond donors (Lipinski definition) is 0. The van der Waals surface area contributed by atoms with Gasteiger partial charge in [0.05, 0.1) is 35.1 Å². The maximum atomic E-state index is 13.7. The fourth-order valence-corrected chi connectivity index (χ4v) is 5.02. The van der Waals surface area contributed by atoms with E-state index in [9.17, 15) is 14.9 Å². The molecule has 0 N–H and O–H groups in total. The average Bonchev–Trinajstić information content (AvgIpc) is 3.21. The van der Waals surface area contributed by atoms with Crippen LogP contribution in [0.15, 0.2) is 30.9 Å². The van der Waals surface area contributed by atoms with Crippen LogP contribution in [0.25, 0.3) is 0 Å². The molecule has 1 aromatic heterocycles.